The molecule has 43 heteroatoms. The number of anilines is 1. The van der Waals surface area contributed by atoms with Gasteiger partial charge in [-0.1, -0.05) is 103 Å². The predicted molar refractivity (Wildman–Crippen MR) is 483 cm³/mol. The van der Waals surface area contributed by atoms with Gasteiger partial charge < -0.3 is 118 Å². The van der Waals surface area contributed by atoms with Crippen molar-refractivity contribution in [2.24, 2.45) is 11.1 Å². The maximum atomic E-state index is 15.5. The molecule has 9 atom stereocenters. The molecule has 1 aliphatic rings. The van der Waals surface area contributed by atoms with E-state index in [0.717, 1.165) is 60.2 Å². The summed E-state index contributed by atoms with van der Waals surface area (Å²) >= 11 is 0. The Morgan fingerprint density at radius 3 is 1.87 bits per heavy atom. The number of unbranched alkanes of at least 4 members (excludes halogenated alkanes) is 1. The summed E-state index contributed by atoms with van der Waals surface area (Å²) in [4.78, 5) is 197. The molecule has 1 aliphatic heterocycles. The van der Waals surface area contributed by atoms with Crippen LogP contribution in [-0.2, 0) is 125 Å². The average molecular weight is 1880 g/mol. The fourth-order valence-electron chi connectivity index (χ4n) is 13.7. The highest BCUT2D eigenvalue weighted by molar-refractivity contribution is 6.06. The standard InChI is InChI=1S/C92H118FN19O23/c1-7-59-47-66(135-37-15-14-34-96-76(117)33-38-131-40-42-133-44-45-134-43-41-132-39-36-97-75(116)30-31-78(119)112-53-64-19-9-8-16-60(64)26-27-62-17-11-13-21-73(62)112)28-29-67(59)61-24-22-58(23-25-61)46-69(82(94)122)101-84(124)71(49-79(120)121)102-85(125)72(54-113)103-86(126)80(56(2)114)106-90(130)92(6,50-63-18-10-12-20-68(63)93)107-87(127)81(57(3)115)105-77(118)52-99-83(123)70(48-74-108-110-111-109-74)104-89(129)91(4,5)88(128)98-35-32-65-51-95-55-100-65/h8-13,16-25,28-29,47,51,55-57,69-72,80-81,113-115H,7,14-15,30-46,48-50,52-54H2,1-6H3,(H2,94,122)(H,95,100)(H,96,117)(H,97,116)(H,98,128)(H,99,123)(H,101,124)(H,102,125)(H,103,126)(H,104,129)(H,105,118)(H,106,130)(H,107,127)(H,120,121)(H,108,109,110,111)/t56-,57-,69+,70+,71+,72+,80+,81+,92+/m1/s1. The number of nitrogens with two attached hydrogens (primary N) is 1. The van der Waals surface area contributed by atoms with Crippen molar-refractivity contribution in [3.05, 3.63) is 179 Å². The summed E-state index contributed by atoms with van der Waals surface area (Å²) in [6.07, 6.45) is -0.626. The van der Waals surface area contributed by atoms with E-state index in [1.54, 1.807) is 35.4 Å². The molecule has 135 heavy (non-hydrogen) atoms. The summed E-state index contributed by atoms with van der Waals surface area (Å²) in [5.41, 5.74) is 8.44. The van der Waals surface area contributed by atoms with Crippen molar-refractivity contribution in [2.75, 3.05) is 97.1 Å². The third-order valence-corrected chi connectivity index (χ3v) is 21.4. The highest BCUT2D eigenvalue weighted by Gasteiger charge is 2.44. The van der Waals surface area contributed by atoms with Gasteiger partial charge in [0, 0.05) is 87.6 Å². The largest absolute Gasteiger partial charge is 0.494 e. The number of aryl methyl sites for hydroxylation is 1. The van der Waals surface area contributed by atoms with Crippen molar-refractivity contribution in [3.8, 4) is 28.7 Å². The summed E-state index contributed by atoms with van der Waals surface area (Å²) in [6.45, 7) is 9.51. The molecule has 3 heterocycles. The molecule has 0 bridgehead atoms. The third-order valence-electron chi connectivity index (χ3n) is 21.4. The van der Waals surface area contributed by atoms with Crippen LogP contribution in [0, 0.1) is 23.1 Å². The molecule has 42 nitrogen and oxygen atoms in total. The number of aliphatic hydroxyl groups is 3. The van der Waals surface area contributed by atoms with E-state index in [2.05, 4.69) is 101 Å². The Kier molecular flexibility index (Phi) is 42.7. The number of carbonyl (C=O) groups excluding carboxylic acids is 13. The molecule has 19 N–H and O–H groups in total. The van der Waals surface area contributed by atoms with Crippen LogP contribution in [0.3, 0.4) is 0 Å². The number of carboxylic acids is 1. The van der Waals surface area contributed by atoms with Crippen LogP contribution >= 0.6 is 0 Å². The number of carbonyl (C=O) groups is 14. The van der Waals surface area contributed by atoms with Crippen molar-refractivity contribution < 1.29 is 116 Å². The van der Waals surface area contributed by atoms with Crippen LogP contribution in [0.25, 0.3) is 11.1 Å². The van der Waals surface area contributed by atoms with Gasteiger partial charge in [-0.25, -0.2) is 9.37 Å². The number of rotatable bonds is 58. The maximum absolute atomic E-state index is 15.5. The Balaban J connectivity index is 0.720. The lowest BCUT2D eigenvalue weighted by atomic mass is 9.90. The first kappa shape index (κ1) is 106. The second-order valence-electron chi connectivity index (χ2n) is 32.3. The number of aromatic nitrogens is 6. The number of ether oxygens (including phenoxy) is 5. The number of primary amides is 1. The Bertz CT molecular complexity index is 5230. The Labute approximate surface area is 777 Å². The predicted octanol–water partition coefficient (Wildman–Crippen LogP) is -1.11. The zero-order valence-corrected chi connectivity index (χ0v) is 75.9. The van der Waals surface area contributed by atoms with Crippen molar-refractivity contribution in [1.82, 2.24) is 89.1 Å². The van der Waals surface area contributed by atoms with E-state index in [1.807, 2.05) is 73.7 Å². The number of para-hydroxylation sites is 1. The molecule has 0 saturated carbocycles. The number of nitrogens with zero attached hydrogens (tertiary/aromatic N) is 5. The van der Waals surface area contributed by atoms with Gasteiger partial charge in [0.2, 0.25) is 76.8 Å². The van der Waals surface area contributed by atoms with E-state index in [0.29, 0.717) is 108 Å². The molecule has 7 aromatic rings. The average Bonchev–Trinajstić information content (AvgIpc) is 1.05. The Morgan fingerprint density at radius 2 is 1.21 bits per heavy atom. The molecule has 0 unspecified atom stereocenters. The monoisotopic (exact) mass is 1880 g/mol. The fraction of sp³-hybridized carbons (Fsp3) is 0.457. The topological polar surface area (TPSA) is 611 Å². The molecule has 2 aromatic heterocycles. The number of H-pyrrole nitrogens is 2. The third kappa shape index (κ3) is 34.5. The van der Waals surface area contributed by atoms with Crippen molar-refractivity contribution in [2.45, 2.75) is 173 Å². The van der Waals surface area contributed by atoms with Gasteiger partial charge in [-0.3, -0.25) is 67.1 Å². The number of carboxylic acid groups (broad SMARTS) is 1. The number of aliphatic carboxylic acids is 1. The molecule has 0 radical (unpaired) electrons. The molecule has 5 aromatic carbocycles. The second-order valence-corrected chi connectivity index (χ2v) is 32.3. The summed E-state index contributed by atoms with van der Waals surface area (Å²) in [7, 11) is 0. The molecular weight excluding hydrogens is 1760 g/mol. The second kappa shape index (κ2) is 54.2. The van der Waals surface area contributed by atoms with Crippen molar-refractivity contribution in [3.63, 3.8) is 0 Å². The van der Waals surface area contributed by atoms with Crippen molar-refractivity contribution in [1.29, 1.82) is 0 Å². The van der Waals surface area contributed by atoms with Gasteiger partial charge in [0.15, 0.2) is 5.82 Å². The quantitative estimate of drug-likeness (QED) is 0.0122. The molecular formula is C92H118FN19O23. The van der Waals surface area contributed by atoms with Crippen LogP contribution in [0.1, 0.15) is 125 Å². The number of aliphatic hydroxyl groups excluding tert-OH is 3. The number of benzene rings is 5. The zero-order chi connectivity index (χ0) is 98.0. The number of aromatic amines is 2. The molecule has 726 valence electrons. The lowest BCUT2D eigenvalue weighted by Gasteiger charge is -2.34. The van der Waals surface area contributed by atoms with E-state index < -0.39 is 163 Å². The number of hydrogen-bond acceptors (Lipinski definition) is 26. The minimum Gasteiger partial charge on any atom is -0.494 e. The lowest BCUT2D eigenvalue weighted by molar-refractivity contribution is -0.143. The van der Waals surface area contributed by atoms with E-state index in [1.165, 1.54) is 38.4 Å². The van der Waals surface area contributed by atoms with Gasteiger partial charge in [0.25, 0.3) is 0 Å². The van der Waals surface area contributed by atoms with Gasteiger partial charge in [-0.2, -0.15) is 5.21 Å². The van der Waals surface area contributed by atoms with Crippen molar-refractivity contribution >= 4 is 88.5 Å². The smallest absolute Gasteiger partial charge is 0.305 e. The van der Waals surface area contributed by atoms with E-state index in [4.69, 9.17) is 29.4 Å². The number of fused-ring (bicyclic) bond motifs is 2. The minimum absolute atomic E-state index is 0.0294. The van der Waals surface area contributed by atoms with Gasteiger partial charge in [0.1, 0.15) is 58.8 Å². The number of tetrazole rings is 1. The molecule has 0 saturated heterocycles. The van der Waals surface area contributed by atoms with Gasteiger partial charge >= 0.3 is 5.97 Å². The van der Waals surface area contributed by atoms with Crippen LogP contribution in [0.15, 0.2) is 128 Å². The van der Waals surface area contributed by atoms with Crippen LogP contribution in [0.5, 0.6) is 5.75 Å². The number of halogens is 1. The van der Waals surface area contributed by atoms with E-state index >= 15 is 4.39 Å². The number of amides is 13. The lowest BCUT2D eigenvalue weighted by Crippen LogP contribution is -2.67. The first-order chi connectivity index (χ1) is 64.7. The summed E-state index contributed by atoms with van der Waals surface area (Å²) < 4.78 is 43.8. The van der Waals surface area contributed by atoms with E-state index in [-0.39, 0.29) is 81.1 Å². The maximum Gasteiger partial charge on any atom is 0.305 e. The molecule has 0 aliphatic carbocycles. The van der Waals surface area contributed by atoms with Crippen LogP contribution in [-0.4, -0.2) is 280 Å². The van der Waals surface area contributed by atoms with Gasteiger partial charge in [-0.15, -0.1) is 10.2 Å². The summed E-state index contributed by atoms with van der Waals surface area (Å²) in [6, 6.07) is 21.5. The minimum atomic E-state index is -2.39. The number of nitrogens with one attached hydrogen (secondary N) is 13. The number of hydrogen-bond donors (Lipinski definition) is 18. The molecule has 0 spiro atoms. The highest BCUT2D eigenvalue weighted by Crippen LogP contribution is 2.31. The normalized spacial score (nSPS) is 13.8. The van der Waals surface area contributed by atoms with Crippen LogP contribution in [0.4, 0.5) is 10.1 Å². The Morgan fingerprint density at radius 1 is 0.585 bits per heavy atom. The number of imidazole rings is 1. The summed E-state index contributed by atoms with van der Waals surface area (Å²) in [5, 5.41) is 82.1. The molecule has 8 rings (SSSR count). The first-order valence-corrected chi connectivity index (χ1v) is 44.0. The summed E-state index contributed by atoms with van der Waals surface area (Å²) in [5.74, 6) is -7.62. The fourth-order valence-corrected chi connectivity index (χ4v) is 13.7. The SMILES string of the molecule is CCc1cc(OCCCCNC(=O)CCOCCOCCOCCOCCNC(=O)CCC(=O)N2Cc3ccccc3C#Cc3ccccc32)ccc1-c1ccc(C[C@H](NC(=O)[C@H](CC(=O)O)NC(=O)[C@H](CO)NC(=O)[C@@H](NC(=O)[C@](C)(Cc2ccccc2F)NC(=O)[C@@H](NC(=O)CNC(=O)[C@H](Cc2nn[nH]n2)NC(=O)C(C)(C)C(=O)NCCc2cnc[nH]2)[C@@H](C)O)[C@@H](C)O)C(N)=O)cc1. The van der Waals surface area contributed by atoms with Crippen LogP contribution < -0.4 is 73.9 Å². The molecule has 0 fully saturated rings. The Hall–Kier alpha value is -14.0. The van der Waals surface area contributed by atoms with Gasteiger partial charge in [-0.05, 0) is 124 Å². The van der Waals surface area contributed by atoms with E-state index in [9.17, 15) is 87.5 Å². The van der Waals surface area contributed by atoms with Gasteiger partial charge in [0.05, 0.1) is 110 Å². The zero-order valence-electron chi connectivity index (χ0n) is 75.9. The highest BCUT2D eigenvalue weighted by atomic mass is 19.1. The van der Waals surface area contributed by atoms with Crippen LogP contribution in [0.2, 0.25) is 0 Å². The molecule has 13 amide bonds. The first-order valence-electron chi connectivity index (χ1n) is 44.0.